The highest BCUT2D eigenvalue weighted by molar-refractivity contribution is 5.17. The minimum absolute atomic E-state index is 0.0999. The normalized spacial score (nSPS) is 12.3. The summed E-state index contributed by atoms with van der Waals surface area (Å²) in [5.74, 6) is 0. The maximum absolute atomic E-state index is 9.69. The largest absolute Gasteiger partial charge is 0.395 e. The van der Waals surface area contributed by atoms with Crippen molar-refractivity contribution in [3.05, 3.63) is 84.4 Å². The molecule has 2 heteroatoms. The Kier molecular flexibility index (Phi) is 6.20. The smallest absolute Gasteiger partial charge is 0.0590 e. The van der Waals surface area contributed by atoms with Gasteiger partial charge in [-0.1, -0.05) is 66.7 Å². The predicted molar refractivity (Wildman–Crippen MR) is 87.8 cm³/mol. The summed E-state index contributed by atoms with van der Waals surface area (Å²) in [5, 5.41) is 9.69. The van der Waals surface area contributed by atoms with E-state index in [1.165, 1.54) is 11.1 Å². The molecular formula is C19H23NO. The van der Waals surface area contributed by atoms with Crippen LogP contribution in [0.4, 0.5) is 0 Å². The molecule has 0 aromatic heterocycles. The van der Waals surface area contributed by atoms with E-state index in [9.17, 15) is 5.11 Å². The van der Waals surface area contributed by atoms with Gasteiger partial charge in [-0.05, 0) is 17.5 Å². The van der Waals surface area contributed by atoms with E-state index in [1.807, 2.05) is 18.2 Å². The highest BCUT2D eigenvalue weighted by atomic mass is 16.3. The standard InChI is InChI=1S/C19H23NO/c1-2-9-19(16-21)20(14-17-10-5-3-6-11-17)15-18-12-7-4-8-13-18/h2-8,10-13,19,21H,1,9,14-16H2/t19-/m0/s1. The molecule has 1 atom stereocenters. The summed E-state index contributed by atoms with van der Waals surface area (Å²) in [6.45, 7) is 5.61. The van der Waals surface area contributed by atoms with Crippen LogP contribution in [0.25, 0.3) is 0 Å². The molecule has 110 valence electrons. The van der Waals surface area contributed by atoms with E-state index in [4.69, 9.17) is 0 Å². The summed E-state index contributed by atoms with van der Waals surface area (Å²) in [6, 6.07) is 20.9. The lowest BCUT2D eigenvalue weighted by atomic mass is 10.1. The summed E-state index contributed by atoms with van der Waals surface area (Å²) in [6.07, 6.45) is 2.67. The second-order valence-corrected chi connectivity index (χ2v) is 5.24. The van der Waals surface area contributed by atoms with Gasteiger partial charge in [-0.3, -0.25) is 4.90 Å². The molecule has 2 nitrogen and oxygen atoms in total. The van der Waals surface area contributed by atoms with Gasteiger partial charge in [-0.2, -0.15) is 0 Å². The van der Waals surface area contributed by atoms with E-state index in [0.717, 1.165) is 19.5 Å². The van der Waals surface area contributed by atoms with Crippen LogP contribution in [0, 0.1) is 0 Å². The average molecular weight is 281 g/mol. The van der Waals surface area contributed by atoms with Crippen molar-refractivity contribution in [3.8, 4) is 0 Å². The fraction of sp³-hybridized carbons (Fsp3) is 0.263. The molecule has 1 N–H and O–H groups in total. The quantitative estimate of drug-likeness (QED) is 0.747. The lowest BCUT2D eigenvalue weighted by Gasteiger charge is -2.30. The number of benzene rings is 2. The van der Waals surface area contributed by atoms with Crippen molar-refractivity contribution in [2.24, 2.45) is 0 Å². The highest BCUT2D eigenvalue weighted by Crippen LogP contribution is 2.15. The van der Waals surface area contributed by atoms with Crippen LogP contribution in [0.2, 0.25) is 0 Å². The summed E-state index contributed by atoms with van der Waals surface area (Å²) >= 11 is 0. The molecule has 0 saturated carbocycles. The van der Waals surface area contributed by atoms with Gasteiger partial charge in [0.2, 0.25) is 0 Å². The first-order valence-electron chi connectivity index (χ1n) is 7.37. The molecule has 0 unspecified atom stereocenters. The molecule has 0 heterocycles. The van der Waals surface area contributed by atoms with E-state index in [0.29, 0.717) is 0 Å². The van der Waals surface area contributed by atoms with Gasteiger partial charge in [-0.15, -0.1) is 6.58 Å². The Morgan fingerprint density at radius 3 is 1.76 bits per heavy atom. The third-order valence-corrected chi connectivity index (χ3v) is 3.62. The Labute approximate surface area is 127 Å². The van der Waals surface area contributed by atoms with Gasteiger partial charge in [0.1, 0.15) is 0 Å². The molecule has 0 aliphatic heterocycles. The van der Waals surface area contributed by atoms with Gasteiger partial charge in [0.25, 0.3) is 0 Å². The Bertz CT molecular complexity index is 482. The van der Waals surface area contributed by atoms with Crippen LogP contribution in [0.1, 0.15) is 17.5 Å². The molecule has 0 amide bonds. The molecule has 0 fully saturated rings. The lowest BCUT2D eigenvalue weighted by Crippen LogP contribution is -2.36. The zero-order valence-electron chi connectivity index (χ0n) is 12.4. The van der Waals surface area contributed by atoms with Crippen LogP contribution in [-0.2, 0) is 13.1 Å². The monoisotopic (exact) mass is 281 g/mol. The van der Waals surface area contributed by atoms with E-state index in [-0.39, 0.29) is 12.6 Å². The highest BCUT2D eigenvalue weighted by Gasteiger charge is 2.17. The first kappa shape index (κ1) is 15.5. The second-order valence-electron chi connectivity index (χ2n) is 5.24. The molecule has 0 saturated heterocycles. The second kappa shape index (κ2) is 8.40. The van der Waals surface area contributed by atoms with Gasteiger partial charge in [-0.25, -0.2) is 0 Å². The first-order valence-corrected chi connectivity index (χ1v) is 7.37. The number of aliphatic hydroxyl groups excluding tert-OH is 1. The van der Waals surface area contributed by atoms with Crippen LogP contribution in [0.5, 0.6) is 0 Å². The summed E-state index contributed by atoms with van der Waals surface area (Å²) in [5.41, 5.74) is 2.52. The van der Waals surface area contributed by atoms with Gasteiger partial charge in [0, 0.05) is 19.1 Å². The maximum atomic E-state index is 9.69. The molecule has 0 aliphatic rings. The van der Waals surface area contributed by atoms with Gasteiger partial charge >= 0.3 is 0 Å². The van der Waals surface area contributed by atoms with Crippen LogP contribution in [-0.4, -0.2) is 22.7 Å². The molecule has 0 aliphatic carbocycles. The third-order valence-electron chi connectivity index (χ3n) is 3.62. The maximum Gasteiger partial charge on any atom is 0.0590 e. The molecule has 2 rings (SSSR count). The number of rotatable bonds is 8. The SMILES string of the molecule is C=CC[C@@H](CO)N(Cc1ccccc1)Cc1ccccc1. The molecule has 2 aromatic rings. The number of nitrogens with zero attached hydrogens (tertiary/aromatic N) is 1. The fourth-order valence-electron chi connectivity index (χ4n) is 2.48. The van der Waals surface area contributed by atoms with E-state index in [1.54, 1.807) is 0 Å². The van der Waals surface area contributed by atoms with Gasteiger partial charge in [0.15, 0.2) is 0 Å². The third kappa shape index (κ3) is 4.85. The van der Waals surface area contributed by atoms with E-state index in [2.05, 4.69) is 60.0 Å². The summed E-state index contributed by atoms with van der Waals surface area (Å²) in [4.78, 5) is 2.31. The van der Waals surface area contributed by atoms with Crippen molar-refractivity contribution in [1.29, 1.82) is 0 Å². The van der Waals surface area contributed by atoms with Crippen molar-refractivity contribution < 1.29 is 5.11 Å². The number of hydrogen-bond acceptors (Lipinski definition) is 2. The van der Waals surface area contributed by atoms with Crippen LogP contribution in [0.3, 0.4) is 0 Å². The molecule has 0 radical (unpaired) electrons. The zero-order chi connectivity index (χ0) is 14.9. The van der Waals surface area contributed by atoms with Gasteiger partial charge in [0.05, 0.1) is 6.61 Å². The lowest BCUT2D eigenvalue weighted by molar-refractivity contribution is 0.111. The van der Waals surface area contributed by atoms with E-state index >= 15 is 0 Å². The Morgan fingerprint density at radius 1 is 0.905 bits per heavy atom. The molecule has 2 aromatic carbocycles. The molecular weight excluding hydrogens is 258 g/mol. The minimum atomic E-state index is 0.0999. The fourth-order valence-corrected chi connectivity index (χ4v) is 2.48. The summed E-state index contributed by atoms with van der Waals surface area (Å²) < 4.78 is 0. The molecule has 21 heavy (non-hydrogen) atoms. The average Bonchev–Trinajstić information content (AvgIpc) is 2.54. The first-order chi connectivity index (χ1) is 10.3. The Hall–Kier alpha value is -1.90. The van der Waals surface area contributed by atoms with Crippen molar-refractivity contribution >= 4 is 0 Å². The van der Waals surface area contributed by atoms with Crippen molar-refractivity contribution in [1.82, 2.24) is 4.90 Å². The predicted octanol–water partition coefficient (Wildman–Crippen LogP) is 3.63. The van der Waals surface area contributed by atoms with Crippen molar-refractivity contribution in [3.63, 3.8) is 0 Å². The number of hydrogen-bond donors (Lipinski definition) is 1. The van der Waals surface area contributed by atoms with Crippen molar-refractivity contribution in [2.75, 3.05) is 6.61 Å². The van der Waals surface area contributed by atoms with E-state index < -0.39 is 0 Å². The van der Waals surface area contributed by atoms with Crippen LogP contribution in [0.15, 0.2) is 73.3 Å². The number of aliphatic hydroxyl groups is 1. The van der Waals surface area contributed by atoms with Gasteiger partial charge < -0.3 is 5.11 Å². The molecule has 0 bridgehead atoms. The summed E-state index contributed by atoms with van der Waals surface area (Å²) in [7, 11) is 0. The topological polar surface area (TPSA) is 23.5 Å². The zero-order valence-corrected chi connectivity index (χ0v) is 12.4. The van der Waals surface area contributed by atoms with Crippen LogP contribution < -0.4 is 0 Å². The van der Waals surface area contributed by atoms with Crippen LogP contribution >= 0.6 is 0 Å². The Balaban J connectivity index is 2.15. The molecule has 0 spiro atoms. The van der Waals surface area contributed by atoms with Crippen molar-refractivity contribution in [2.45, 2.75) is 25.6 Å². The Morgan fingerprint density at radius 2 is 1.38 bits per heavy atom. The minimum Gasteiger partial charge on any atom is -0.395 e.